The van der Waals surface area contributed by atoms with E-state index in [1.807, 2.05) is 11.4 Å². The van der Waals surface area contributed by atoms with E-state index in [1.165, 1.54) is 35.6 Å². The van der Waals surface area contributed by atoms with Crippen LogP contribution in [0.15, 0.2) is 71.1 Å². The highest BCUT2D eigenvalue weighted by molar-refractivity contribution is 7.12. The van der Waals surface area contributed by atoms with E-state index in [4.69, 9.17) is 0 Å². The van der Waals surface area contributed by atoms with Gasteiger partial charge in [0.15, 0.2) is 0 Å². The Bertz CT molecular complexity index is 1060. The van der Waals surface area contributed by atoms with Gasteiger partial charge < -0.3 is 5.32 Å². The molecule has 0 fully saturated rings. The number of hydrogen-bond donors (Lipinski definition) is 2. The number of nitro benzene ring substituents is 1. The number of hydrazone groups is 1. The molecule has 3 aromatic rings. The summed E-state index contributed by atoms with van der Waals surface area (Å²) in [6.45, 7) is 1.73. The minimum absolute atomic E-state index is 0.0903. The molecule has 0 spiro atoms. The van der Waals surface area contributed by atoms with Gasteiger partial charge in [0, 0.05) is 23.4 Å². The van der Waals surface area contributed by atoms with Crippen molar-refractivity contribution in [3.8, 4) is 0 Å². The van der Waals surface area contributed by atoms with Crippen molar-refractivity contribution in [3.05, 3.63) is 92.2 Å². The lowest BCUT2D eigenvalue weighted by atomic mass is 10.1. The molecule has 0 aliphatic carbocycles. The second kappa shape index (κ2) is 8.89. The Morgan fingerprint density at radius 3 is 2.21 bits per heavy atom. The van der Waals surface area contributed by atoms with E-state index >= 15 is 0 Å². The van der Waals surface area contributed by atoms with E-state index in [1.54, 1.807) is 37.3 Å². The predicted octanol–water partition coefficient (Wildman–Crippen LogP) is 4.06. The fourth-order valence-electron chi connectivity index (χ4n) is 2.39. The number of thiophene rings is 1. The zero-order valence-electron chi connectivity index (χ0n) is 15.3. The average molecular weight is 408 g/mol. The van der Waals surface area contributed by atoms with Crippen LogP contribution in [0.25, 0.3) is 0 Å². The summed E-state index contributed by atoms with van der Waals surface area (Å²) < 4.78 is 0. The van der Waals surface area contributed by atoms with E-state index in [0.717, 1.165) is 5.56 Å². The lowest BCUT2D eigenvalue weighted by molar-refractivity contribution is -0.384. The number of benzene rings is 2. The molecule has 0 aliphatic heterocycles. The van der Waals surface area contributed by atoms with Gasteiger partial charge >= 0.3 is 0 Å². The molecule has 0 aliphatic rings. The molecule has 0 radical (unpaired) electrons. The van der Waals surface area contributed by atoms with Gasteiger partial charge in [-0.3, -0.25) is 19.7 Å². The maximum atomic E-state index is 12.1. The number of carbonyl (C=O) groups excluding carboxylic acids is 2. The van der Waals surface area contributed by atoms with Crippen molar-refractivity contribution >= 4 is 40.2 Å². The van der Waals surface area contributed by atoms with Gasteiger partial charge in [0.05, 0.1) is 15.5 Å². The molecule has 0 atom stereocenters. The van der Waals surface area contributed by atoms with Crippen molar-refractivity contribution in [3.63, 3.8) is 0 Å². The first-order valence-corrected chi connectivity index (χ1v) is 9.36. The molecular formula is C20H16N4O4S. The number of amides is 2. The van der Waals surface area contributed by atoms with E-state index in [2.05, 4.69) is 15.8 Å². The van der Waals surface area contributed by atoms with E-state index in [0.29, 0.717) is 16.3 Å². The third-order valence-corrected chi connectivity index (χ3v) is 4.84. The number of nitro groups is 1. The van der Waals surface area contributed by atoms with Crippen LogP contribution in [0.3, 0.4) is 0 Å². The molecule has 0 saturated carbocycles. The second-order valence-electron chi connectivity index (χ2n) is 5.95. The van der Waals surface area contributed by atoms with Crippen molar-refractivity contribution in [2.45, 2.75) is 6.92 Å². The van der Waals surface area contributed by atoms with Crippen LogP contribution in [0.2, 0.25) is 0 Å². The highest BCUT2D eigenvalue weighted by Gasteiger charge is 2.10. The summed E-state index contributed by atoms with van der Waals surface area (Å²) >= 11 is 1.36. The van der Waals surface area contributed by atoms with Crippen LogP contribution in [0.4, 0.5) is 11.4 Å². The quantitative estimate of drug-likeness (QED) is 0.364. The largest absolute Gasteiger partial charge is 0.321 e. The molecule has 0 bridgehead atoms. The van der Waals surface area contributed by atoms with Crippen LogP contribution in [0.5, 0.6) is 0 Å². The molecule has 9 heteroatoms. The van der Waals surface area contributed by atoms with Gasteiger partial charge in [0.1, 0.15) is 0 Å². The molecule has 3 rings (SSSR count). The maximum absolute atomic E-state index is 12.1. The first kappa shape index (κ1) is 19.9. The van der Waals surface area contributed by atoms with Crippen LogP contribution in [-0.4, -0.2) is 22.4 Å². The minimum Gasteiger partial charge on any atom is -0.321 e. The van der Waals surface area contributed by atoms with E-state index in [-0.39, 0.29) is 17.2 Å². The Morgan fingerprint density at radius 2 is 1.62 bits per heavy atom. The first-order valence-electron chi connectivity index (χ1n) is 8.48. The van der Waals surface area contributed by atoms with Crippen LogP contribution < -0.4 is 10.7 Å². The highest BCUT2D eigenvalue weighted by atomic mass is 32.1. The molecule has 1 aromatic heterocycles. The van der Waals surface area contributed by atoms with Crippen LogP contribution in [0, 0.1) is 10.1 Å². The summed E-state index contributed by atoms with van der Waals surface area (Å²) in [5, 5.41) is 19.4. The third-order valence-electron chi connectivity index (χ3n) is 3.97. The number of anilines is 1. The standard InChI is InChI=1S/C20H16N4O4S/c1-13(22-23-19(25)15-6-10-17(11-7-15)24(27)28)14-4-8-16(9-5-14)21-20(26)18-3-2-12-29-18/h2-12H,1H3,(H,21,26)(H,23,25). The SMILES string of the molecule is CC(=NNC(=O)c1ccc([N+](=O)[O-])cc1)c1ccc(NC(=O)c2cccs2)cc1. The highest BCUT2D eigenvalue weighted by Crippen LogP contribution is 2.15. The molecule has 29 heavy (non-hydrogen) atoms. The zero-order valence-corrected chi connectivity index (χ0v) is 16.1. The topological polar surface area (TPSA) is 114 Å². The van der Waals surface area contributed by atoms with Gasteiger partial charge in [-0.15, -0.1) is 11.3 Å². The summed E-state index contributed by atoms with van der Waals surface area (Å²) in [5.41, 5.74) is 4.58. The van der Waals surface area contributed by atoms with Gasteiger partial charge in [0.25, 0.3) is 17.5 Å². The van der Waals surface area contributed by atoms with Crippen molar-refractivity contribution in [1.82, 2.24) is 5.43 Å². The molecule has 2 N–H and O–H groups in total. The molecule has 2 amide bonds. The third kappa shape index (κ3) is 5.11. The van der Waals surface area contributed by atoms with Crippen molar-refractivity contribution in [1.29, 1.82) is 0 Å². The Balaban J connectivity index is 1.61. The van der Waals surface area contributed by atoms with Crippen molar-refractivity contribution in [2.24, 2.45) is 5.10 Å². The van der Waals surface area contributed by atoms with Gasteiger partial charge in [-0.05, 0) is 48.2 Å². The van der Waals surface area contributed by atoms with E-state index in [9.17, 15) is 19.7 Å². The van der Waals surface area contributed by atoms with Gasteiger partial charge in [-0.2, -0.15) is 5.10 Å². The first-order chi connectivity index (χ1) is 13.9. The predicted molar refractivity (Wildman–Crippen MR) is 111 cm³/mol. The Morgan fingerprint density at radius 1 is 0.966 bits per heavy atom. The number of hydrogen-bond acceptors (Lipinski definition) is 6. The number of carbonyl (C=O) groups is 2. The van der Waals surface area contributed by atoms with Gasteiger partial charge in [-0.25, -0.2) is 5.43 Å². The summed E-state index contributed by atoms with van der Waals surface area (Å²) in [6.07, 6.45) is 0. The van der Waals surface area contributed by atoms with Crippen LogP contribution in [-0.2, 0) is 0 Å². The zero-order chi connectivity index (χ0) is 20.8. The molecule has 2 aromatic carbocycles. The summed E-state index contributed by atoms with van der Waals surface area (Å²) in [7, 11) is 0. The molecule has 146 valence electrons. The fraction of sp³-hybridized carbons (Fsp3) is 0.0500. The van der Waals surface area contributed by atoms with E-state index < -0.39 is 10.8 Å². The average Bonchev–Trinajstić information content (AvgIpc) is 3.27. The summed E-state index contributed by atoms with van der Waals surface area (Å²) in [4.78, 5) is 34.9. The monoisotopic (exact) mass is 408 g/mol. The Hall–Kier alpha value is -3.85. The molecule has 8 nitrogen and oxygen atoms in total. The molecule has 0 saturated heterocycles. The Kier molecular flexibility index (Phi) is 6.10. The second-order valence-corrected chi connectivity index (χ2v) is 6.90. The minimum atomic E-state index is -0.531. The number of nitrogens with one attached hydrogen (secondary N) is 2. The number of nitrogens with zero attached hydrogens (tertiary/aromatic N) is 2. The summed E-state index contributed by atoms with van der Waals surface area (Å²) in [5.74, 6) is -0.646. The summed E-state index contributed by atoms with van der Waals surface area (Å²) in [6, 6.07) is 15.9. The van der Waals surface area contributed by atoms with Crippen molar-refractivity contribution < 1.29 is 14.5 Å². The number of non-ortho nitro benzene ring substituents is 1. The van der Waals surface area contributed by atoms with Gasteiger partial charge in [0.2, 0.25) is 0 Å². The Labute approximate surface area is 170 Å². The normalized spacial score (nSPS) is 11.0. The smallest absolute Gasteiger partial charge is 0.271 e. The lowest BCUT2D eigenvalue weighted by Gasteiger charge is -2.06. The maximum Gasteiger partial charge on any atom is 0.271 e. The lowest BCUT2D eigenvalue weighted by Crippen LogP contribution is -2.19. The fourth-order valence-corrected chi connectivity index (χ4v) is 3.01. The molecule has 1 heterocycles. The van der Waals surface area contributed by atoms with Crippen LogP contribution in [0.1, 0.15) is 32.5 Å². The van der Waals surface area contributed by atoms with Crippen LogP contribution >= 0.6 is 11.3 Å². The van der Waals surface area contributed by atoms with Gasteiger partial charge in [-0.1, -0.05) is 18.2 Å². The van der Waals surface area contributed by atoms with Crippen molar-refractivity contribution in [2.75, 3.05) is 5.32 Å². The molecular weight excluding hydrogens is 392 g/mol. The molecule has 0 unspecified atom stereocenters. The number of rotatable bonds is 6.